The lowest BCUT2D eigenvalue weighted by Crippen LogP contribution is -2.13. The molecule has 0 aromatic carbocycles. The fourth-order valence-corrected chi connectivity index (χ4v) is 1.35. The third-order valence-corrected chi connectivity index (χ3v) is 2.43. The van der Waals surface area contributed by atoms with Gasteiger partial charge in [0.05, 0.1) is 6.20 Å². The Bertz CT molecular complexity index is 507. The molecule has 2 heterocycles. The van der Waals surface area contributed by atoms with Gasteiger partial charge in [-0.05, 0) is 35.0 Å². The van der Waals surface area contributed by atoms with Crippen LogP contribution in [0, 0.1) is 6.92 Å². The summed E-state index contributed by atoms with van der Waals surface area (Å²) in [6.45, 7) is 1.72. The molecule has 0 aliphatic rings. The van der Waals surface area contributed by atoms with Gasteiger partial charge in [-0.1, -0.05) is 5.16 Å². The summed E-state index contributed by atoms with van der Waals surface area (Å²) >= 11 is 3.25. The summed E-state index contributed by atoms with van der Waals surface area (Å²) in [6.07, 6.45) is 3.02. The zero-order valence-corrected chi connectivity index (χ0v) is 9.98. The van der Waals surface area contributed by atoms with E-state index in [1.807, 2.05) is 0 Å². The molecular formula is C10H8BrN3O2. The molecule has 0 bridgehead atoms. The molecular weight excluding hydrogens is 274 g/mol. The molecule has 0 aliphatic carbocycles. The number of aromatic nitrogens is 2. The molecule has 1 N–H and O–H groups in total. The van der Waals surface area contributed by atoms with Crippen LogP contribution in [0.3, 0.4) is 0 Å². The molecule has 0 radical (unpaired) electrons. The number of aryl methyl sites for hydroxylation is 1. The predicted molar refractivity (Wildman–Crippen MR) is 61.1 cm³/mol. The van der Waals surface area contributed by atoms with Gasteiger partial charge >= 0.3 is 0 Å². The second-order valence-corrected chi connectivity index (χ2v) is 4.03. The molecule has 2 aromatic rings. The Kier molecular flexibility index (Phi) is 3.00. The number of halogens is 1. The van der Waals surface area contributed by atoms with Gasteiger partial charge in [-0.2, -0.15) is 0 Å². The van der Waals surface area contributed by atoms with Crippen molar-refractivity contribution in [3.8, 4) is 0 Å². The van der Waals surface area contributed by atoms with Gasteiger partial charge in [0, 0.05) is 10.7 Å². The van der Waals surface area contributed by atoms with Gasteiger partial charge in [0.2, 0.25) is 0 Å². The van der Waals surface area contributed by atoms with Crippen LogP contribution in [0.5, 0.6) is 0 Å². The zero-order valence-electron chi connectivity index (χ0n) is 8.40. The van der Waals surface area contributed by atoms with E-state index in [1.54, 1.807) is 25.3 Å². The molecule has 2 rings (SSSR count). The smallest absolute Gasteiger partial charge is 0.274 e. The van der Waals surface area contributed by atoms with E-state index in [1.165, 1.54) is 6.20 Å². The summed E-state index contributed by atoms with van der Waals surface area (Å²) < 4.78 is 5.65. The quantitative estimate of drug-likeness (QED) is 0.918. The SMILES string of the molecule is Cc1oncc1NC(=O)c1ccc(Br)cn1. The molecule has 5 nitrogen and oxygen atoms in total. The minimum absolute atomic E-state index is 0.293. The monoisotopic (exact) mass is 281 g/mol. The van der Waals surface area contributed by atoms with Gasteiger partial charge in [-0.15, -0.1) is 0 Å². The van der Waals surface area contributed by atoms with Crippen molar-refractivity contribution in [1.29, 1.82) is 0 Å². The number of carbonyl (C=O) groups excluding carboxylic acids is 1. The number of pyridine rings is 1. The first-order valence-electron chi connectivity index (χ1n) is 4.51. The zero-order chi connectivity index (χ0) is 11.5. The Balaban J connectivity index is 2.15. The number of anilines is 1. The highest BCUT2D eigenvalue weighted by Crippen LogP contribution is 2.14. The number of nitrogens with one attached hydrogen (secondary N) is 1. The van der Waals surface area contributed by atoms with Gasteiger partial charge in [0.15, 0.2) is 5.76 Å². The highest BCUT2D eigenvalue weighted by atomic mass is 79.9. The van der Waals surface area contributed by atoms with E-state index in [0.29, 0.717) is 17.1 Å². The number of carbonyl (C=O) groups is 1. The topological polar surface area (TPSA) is 68.0 Å². The Labute approximate surface area is 100.0 Å². The van der Waals surface area contributed by atoms with Crippen molar-refractivity contribution >= 4 is 27.5 Å². The van der Waals surface area contributed by atoms with Crippen LogP contribution in [-0.2, 0) is 0 Å². The highest BCUT2D eigenvalue weighted by molar-refractivity contribution is 9.10. The lowest BCUT2D eigenvalue weighted by molar-refractivity contribution is 0.102. The van der Waals surface area contributed by atoms with Crippen LogP contribution < -0.4 is 5.32 Å². The van der Waals surface area contributed by atoms with Crippen molar-refractivity contribution in [1.82, 2.24) is 10.1 Å². The fourth-order valence-electron chi connectivity index (χ4n) is 1.11. The number of hydrogen-bond donors (Lipinski definition) is 1. The Morgan fingerprint density at radius 3 is 2.81 bits per heavy atom. The summed E-state index contributed by atoms with van der Waals surface area (Å²) in [7, 11) is 0. The van der Waals surface area contributed by atoms with Gasteiger partial charge in [-0.3, -0.25) is 4.79 Å². The molecule has 0 saturated carbocycles. The van der Waals surface area contributed by atoms with E-state index in [-0.39, 0.29) is 5.91 Å². The van der Waals surface area contributed by atoms with Crippen LogP contribution in [0.15, 0.2) is 33.5 Å². The third-order valence-electron chi connectivity index (χ3n) is 1.96. The van der Waals surface area contributed by atoms with Crippen LogP contribution >= 0.6 is 15.9 Å². The number of hydrogen-bond acceptors (Lipinski definition) is 4. The lowest BCUT2D eigenvalue weighted by Gasteiger charge is -2.01. The summed E-state index contributed by atoms with van der Waals surface area (Å²) in [4.78, 5) is 15.7. The van der Waals surface area contributed by atoms with E-state index in [0.717, 1.165) is 4.47 Å². The minimum Gasteiger partial charge on any atom is -0.359 e. The van der Waals surface area contributed by atoms with E-state index in [9.17, 15) is 4.79 Å². The first kappa shape index (κ1) is 10.8. The number of amides is 1. The Morgan fingerprint density at radius 2 is 2.25 bits per heavy atom. The molecule has 82 valence electrons. The van der Waals surface area contributed by atoms with Crippen molar-refractivity contribution in [2.45, 2.75) is 6.92 Å². The largest absolute Gasteiger partial charge is 0.359 e. The molecule has 0 unspecified atom stereocenters. The van der Waals surface area contributed by atoms with E-state index in [4.69, 9.17) is 4.52 Å². The van der Waals surface area contributed by atoms with Crippen molar-refractivity contribution in [2.75, 3.05) is 5.32 Å². The highest BCUT2D eigenvalue weighted by Gasteiger charge is 2.10. The Morgan fingerprint density at radius 1 is 1.44 bits per heavy atom. The molecule has 2 aromatic heterocycles. The minimum atomic E-state index is -0.293. The fraction of sp³-hybridized carbons (Fsp3) is 0.100. The number of nitrogens with zero attached hydrogens (tertiary/aromatic N) is 2. The van der Waals surface area contributed by atoms with Crippen molar-refractivity contribution in [2.24, 2.45) is 0 Å². The van der Waals surface area contributed by atoms with E-state index in [2.05, 4.69) is 31.4 Å². The van der Waals surface area contributed by atoms with Crippen LogP contribution in [0.2, 0.25) is 0 Å². The second kappa shape index (κ2) is 4.44. The van der Waals surface area contributed by atoms with E-state index < -0.39 is 0 Å². The van der Waals surface area contributed by atoms with Crippen molar-refractivity contribution in [3.05, 3.63) is 40.5 Å². The first-order valence-corrected chi connectivity index (χ1v) is 5.30. The van der Waals surface area contributed by atoms with Gasteiger partial charge < -0.3 is 9.84 Å². The summed E-state index contributed by atoms with van der Waals surface area (Å²) in [5.41, 5.74) is 0.888. The molecule has 6 heteroatoms. The van der Waals surface area contributed by atoms with Crippen LogP contribution in [-0.4, -0.2) is 16.0 Å². The standard InChI is InChI=1S/C10H8BrN3O2/c1-6-9(5-13-16-6)14-10(15)8-3-2-7(11)4-12-8/h2-5H,1H3,(H,14,15). The molecule has 0 aliphatic heterocycles. The average molecular weight is 282 g/mol. The normalized spacial score (nSPS) is 10.1. The summed E-state index contributed by atoms with van der Waals surface area (Å²) in [5.74, 6) is 0.268. The Hall–Kier alpha value is -1.69. The maximum atomic E-state index is 11.7. The maximum absolute atomic E-state index is 11.7. The maximum Gasteiger partial charge on any atom is 0.274 e. The van der Waals surface area contributed by atoms with Crippen molar-refractivity contribution < 1.29 is 9.32 Å². The lowest BCUT2D eigenvalue weighted by atomic mass is 10.3. The molecule has 1 amide bonds. The van der Waals surface area contributed by atoms with Gasteiger partial charge in [-0.25, -0.2) is 4.98 Å². The molecule has 0 fully saturated rings. The molecule has 16 heavy (non-hydrogen) atoms. The van der Waals surface area contributed by atoms with Gasteiger partial charge in [0.1, 0.15) is 11.4 Å². The van der Waals surface area contributed by atoms with Crippen molar-refractivity contribution in [3.63, 3.8) is 0 Å². The molecule has 0 spiro atoms. The van der Waals surface area contributed by atoms with E-state index >= 15 is 0 Å². The van der Waals surface area contributed by atoms with Gasteiger partial charge in [0.25, 0.3) is 5.91 Å². The number of rotatable bonds is 2. The first-order chi connectivity index (χ1) is 7.66. The van der Waals surface area contributed by atoms with Crippen LogP contribution in [0.1, 0.15) is 16.2 Å². The van der Waals surface area contributed by atoms with Crippen LogP contribution in [0.25, 0.3) is 0 Å². The average Bonchev–Trinajstić information content (AvgIpc) is 2.65. The summed E-state index contributed by atoms with van der Waals surface area (Å²) in [5, 5.41) is 6.22. The predicted octanol–water partition coefficient (Wildman–Crippen LogP) is 2.39. The molecule has 0 saturated heterocycles. The summed E-state index contributed by atoms with van der Waals surface area (Å²) in [6, 6.07) is 3.38. The third kappa shape index (κ3) is 2.27. The second-order valence-electron chi connectivity index (χ2n) is 3.11. The molecule has 0 atom stereocenters. The van der Waals surface area contributed by atoms with Crippen LogP contribution in [0.4, 0.5) is 5.69 Å².